The molecule has 2 aromatic heterocycles. The molecule has 0 saturated heterocycles. The van der Waals surface area contributed by atoms with Crippen molar-refractivity contribution >= 4 is 34.1 Å². The largest absolute Gasteiger partial charge is 0.339 e. The zero-order valence-electron chi connectivity index (χ0n) is 11.2. The van der Waals surface area contributed by atoms with E-state index in [0.717, 1.165) is 11.1 Å². The Kier molecular flexibility index (Phi) is 3.28. The zero-order valence-corrected chi connectivity index (χ0v) is 11.9. The number of hydrogen-bond donors (Lipinski definition) is 2. The molecule has 5 nitrogen and oxygen atoms in total. The summed E-state index contributed by atoms with van der Waals surface area (Å²) in [4.78, 5) is 8.31. The molecule has 3 aromatic rings. The summed E-state index contributed by atoms with van der Waals surface area (Å²) in [7, 11) is 0. The van der Waals surface area contributed by atoms with Crippen LogP contribution in [0.2, 0.25) is 5.28 Å². The first-order valence-corrected chi connectivity index (χ1v) is 6.75. The Labute approximate surface area is 121 Å². The van der Waals surface area contributed by atoms with E-state index >= 15 is 0 Å². The molecular formula is C14H14ClN5. The summed E-state index contributed by atoms with van der Waals surface area (Å²) in [5, 5.41) is 11.0. The number of halogens is 1. The van der Waals surface area contributed by atoms with Crippen molar-refractivity contribution in [2.24, 2.45) is 0 Å². The minimum atomic E-state index is 0.185. The number of benzene rings is 1. The quantitative estimate of drug-likeness (QED) is 0.718. The summed E-state index contributed by atoms with van der Waals surface area (Å²) in [6.07, 6.45) is 1.68. The van der Waals surface area contributed by atoms with Crippen molar-refractivity contribution in [3.63, 3.8) is 0 Å². The summed E-state index contributed by atoms with van der Waals surface area (Å²) in [5.74, 6) is 1.12. The number of anilines is 2. The number of aromatic nitrogens is 4. The van der Waals surface area contributed by atoms with E-state index in [1.54, 1.807) is 6.20 Å². The van der Waals surface area contributed by atoms with Crippen LogP contribution in [0.3, 0.4) is 0 Å². The number of hydrogen-bond acceptors (Lipinski definition) is 4. The van der Waals surface area contributed by atoms with Gasteiger partial charge in [0.2, 0.25) is 5.28 Å². The predicted molar refractivity (Wildman–Crippen MR) is 80.5 cm³/mol. The van der Waals surface area contributed by atoms with E-state index in [0.29, 0.717) is 17.4 Å². The van der Waals surface area contributed by atoms with Crippen LogP contribution in [0.5, 0.6) is 0 Å². The molecule has 0 aliphatic heterocycles. The topological polar surface area (TPSA) is 66.5 Å². The Morgan fingerprint density at radius 1 is 1.25 bits per heavy atom. The Morgan fingerprint density at radius 3 is 2.90 bits per heavy atom. The van der Waals surface area contributed by atoms with Crippen molar-refractivity contribution < 1.29 is 0 Å². The molecule has 0 atom stereocenters. The first-order valence-electron chi connectivity index (χ1n) is 6.37. The molecule has 0 saturated carbocycles. The lowest BCUT2D eigenvalue weighted by Crippen LogP contribution is -1.97. The number of aromatic amines is 1. The third-order valence-corrected chi connectivity index (χ3v) is 3.27. The molecule has 2 heterocycles. The lowest BCUT2D eigenvalue weighted by Gasteiger charge is -2.10. The molecule has 0 bridgehead atoms. The summed E-state index contributed by atoms with van der Waals surface area (Å²) in [5.41, 5.74) is 2.85. The highest BCUT2D eigenvalue weighted by molar-refractivity contribution is 6.28. The Hall–Kier alpha value is -2.14. The van der Waals surface area contributed by atoms with Gasteiger partial charge in [-0.05, 0) is 35.2 Å². The molecule has 0 unspecified atom stereocenters. The van der Waals surface area contributed by atoms with Crippen LogP contribution in [-0.2, 0) is 0 Å². The van der Waals surface area contributed by atoms with Crippen molar-refractivity contribution in [1.82, 2.24) is 20.2 Å². The maximum absolute atomic E-state index is 5.92. The molecule has 1 aromatic carbocycles. The summed E-state index contributed by atoms with van der Waals surface area (Å²) < 4.78 is 0. The van der Waals surface area contributed by atoms with Crippen LogP contribution in [0.25, 0.3) is 11.0 Å². The molecule has 0 radical (unpaired) electrons. The Balaban J connectivity index is 2.00. The van der Waals surface area contributed by atoms with Gasteiger partial charge in [-0.25, -0.2) is 0 Å². The third-order valence-electron chi connectivity index (χ3n) is 3.10. The lowest BCUT2D eigenvalue weighted by molar-refractivity contribution is 0.867. The lowest BCUT2D eigenvalue weighted by atomic mass is 10.0. The second kappa shape index (κ2) is 5.09. The van der Waals surface area contributed by atoms with Gasteiger partial charge in [-0.15, -0.1) is 0 Å². The second-order valence-corrected chi connectivity index (χ2v) is 5.22. The van der Waals surface area contributed by atoms with Crippen LogP contribution in [0, 0.1) is 0 Å². The van der Waals surface area contributed by atoms with Gasteiger partial charge in [0.25, 0.3) is 0 Å². The fourth-order valence-corrected chi connectivity index (χ4v) is 2.18. The maximum atomic E-state index is 5.92. The molecule has 0 fully saturated rings. The van der Waals surface area contributed by atoms with Crippen LogP contribution in [0.4, 0.5) is 11.5 Å². The predicted octanol–water partition coefficient (Wildman–Crippen LogP) is 3.87. The molecule has 0 aliphatic carbocycles. The molecule has 0 aliphatic rings. The number of fused-ring (bicyclic) bond motifs is 1. The summed E-state index contributed by atoms with van der Waals surface area (Å²) in [6, 6.07) is 8.23. The first-order chi connectivity index (χ1) is 9.63. The maximum Gasteiger partial charge on any atom is 0.226 e. The van der Waals surface area contributed by atoms with Crippen LogP contribution < -0.4 is 5.32 Å². The normalized spacial score (nSPS) is 11.2. The third kappa shape index (κ3) is 2.44. The van der Waals surface area contributed by atoms with E-state index in [1.807, 2.05) is 12.1 Å². The Morgan fingerprint density at radius 2 is 2.10 bits per heavy atom. The van der Waals surface area contributed by atoms with Crippen molar-refractivity contribution in [3.8, 4) is 0 Å². The van der Waals surface area contributed by atoms with Gasteiger partial charge in [0.1, 0.15) is 5.82 Å². The van der Waals surface area contributed by atoms with E-state index in [4.69, 9.17) is 11.6 Å². The fourth-order valence-electron chi connectivity index (χ4n) is 2.02. The van der Waals surface area contributed by atoms with Crippen LogP contribution in [0.15, 0.2) is 30.5 Å². The summed E-state index contributed by atoms with van der Waals surface area (Å²) >= 11 is 5.92. The molecule has 3 rings (SSSR count). The van der Waals surface area contributed by atoms with E-state index in [1.165, 1.54) is 5.56 Å². The van der Waals surface area contributed by atoms with E-state index in [9.17, 15) is 0 Å². The van der Waals surface area contributed by atoms with Gasteiger partial charge in [0.05, 0.1) is 11.6 Å². The molecular weight excluding hydrogens is 274 g/mol. The van der Waals surface area contributed by atoms with Crippen molar-refractivity contribution in [3.05, 3.63) is 41.3 Å². The van der Waals surface area contributed by atoms with Gasteiger partial charge in [-0.1, -0.05) is 26.0 Å². The number of rotatable bonds is 3. The zero-order chi connectivity index (χ0) is 14.1. The number of nitrogens with zero attached hydrogens (tertiary/aromatic N) is 3. The number of H-pyrrole nitrogens is 1. The van der Waals surface area contributed by atoms with Gasteiger partial charge in [0, 0.05) is 5.69 Å². The smallest absolute Gasteiger partial charge is 0.226 e. The summed E-state index contributed by atoms with van der Waals surface area (Å²) in [6.45, 7) is 4.32. The molecule has 6 heteroatoms. The van der Waals surface area contributed by atoms with E-state index in [2.05, 4.69) is 51.5 Å². The minimum Gasteiger partial charge on any atom is -0.339 e. The van der Waals surface area contributed by atoms with Gasteiger partial charge >= 0.3 is 0 Å². The SMILES string of the molecule is CC(C)c1cccc(Nc2nc(Cl)nc3[nH]ncc23)c1. The van der Waals surface area contributed by atoms with Crippen molar-refractivity contribution in [2.75, 3.05) is 5.32 Å². The molecule has 2 N–H and O–H groups in total. The van der Waals surface area contributed by atoms with Gasteiger partial charge in [0.15, 0.2) is 5.65 Å². The Bertz CT molecular complexity index is 750. The van der Waals surface area contributed by atoms with Gasteiger partial charge in [-0.2, -0.15) is 15.1 Å². The van der Waals surface area contributed by atoms with Crippen LogP contribution in [-0.4, -0.2) is 20.2 Å². The molecule has 20 heavy (non-hydrogen) atoms. The van der Waals surface area contributed by atoms with E-state index < -0.39 is 0 Å². The van der Waals surface area contributed by atoms with E-state index in [-0.39, 0.29) is 5.28 Å². The monoisotopic (exact) mass is 287 g/mol. The average Bonchev–Trinajstić information content (AvgIpc) is 2.87. The number of nitrogens with one attached hydrogen (secondary N) is 2. The van der Waals surface area contributed by atoms with Crippen molar-refractivity contribution in [1.29, 1.82) is 0 Å². The highest BCUT2D eigenvalue weighted by atomic mass is 35.5. The van der Waals surface area contributed by atoms with Crippen LogP contribution in [0.1, 0.15) is 25.3 Å². The highest BCUT2D eigenvalue weighted by Crippen LogP contribution is 2.25. The highest BCUT2D eigenvalue weighted by Gasteiger charge is 2.09. The molecule has 102 valence electrons. The van der Waals surface area contributed by atoms with Crippen molar-refractivity contribution in [2.45, 2.75) is 19.8 Å². The standard InChI is InChI=1S/C14H14ClN5/c1-8(2)9-4-3-5-10(6-9)17-12-11-7-16-20-13(11)19-14(15)18-12/h3-8H,1-2H3,(H2,16,17,18,19,20). The molecule has 0 amide bonds. The second-order valence-electron chi connectivity index (χ2n) is 4.88. The molecule has 0 spiro atoms. The fraction of sp³-hybridized carbons (Fsp3) is 0.214. The van der Waals surface area contributed by atoms with Gasteiger partial charge < -0.3 is 5.32 Å². The van der Waals surface area contributed by atoms with Crippen LogP contribution >= 0.6 is 11.6 Å². The first kappa shape index (κ1) is 12.9. The minimum absolute atomic E-state index is 0.185. The average molecular weight is 288 g/mol. The van der Waals surface area contributed by atoms with Gasteiger partial charge in [-0.3, -0.25) is 5.10 Å².